The first-order chi connectivity index (χ1) is 11.7. The van der Waals surface area contributed by atoms with Crippen LogP contribution in [0.4, 0.5) is 5.69 Å². The number of nitrogens with one attached hydrogen (secondary N) is 1. The number of thioether (sulfide) groups is 1. The van der Waals surface area contributed by atoms with Crippen LogP contribution in [0.1, 0.15) is 22.1 Å². The van der Waals surface area contributed by atoms with Gasteiger partial charge in [-0.2, -0.15) is 0 Å². The number of hydrogen-bond acceptors (Lipinski definition) is 3. The second-order valence-electron chi connectivity index (χ2n) is 5.54. The van der Waals surface area contributed by atoms with E-state index in [9.17, 15) is 4.79 Å². The Balaban J connectivity index is 1.75. The molecule has 0 aliphatic rings. The normalized spacial score (nSPS) is 11.9. The van der Waals surface area contributed by atoms with Crippen LogP contribution < -0.4 is 5.32 Å². The summed E-state index contributed by atoms with van der Waals surface area (Å²) in [6.45, 7) is 2.03. The molecule has 0 bridgehead atoms. The average Bonchev–Trinajstić information content (AvgIpc) is 3.12. The zero-order valence-corrected chi connectivity index (χ0v) is 14.3. The number of furan rings is 1. The minimum atomic E-state index is -0.294. The van der Waals surface area contributed by atoms with Crippen LogP contribution in [0, 0.1) is 6.92 Å². The molecule has 0 spiro atoms. The van der Waals surface area contributed by atoms with E-state index in [4.69, 9.17) is 4.42 Å². The maximum Gasteiger partial charge on any atom is 0.242 e. The molecule has 24 heavy (non-hydrogen) atoms. The number of amides is 1. The van der Waals surface area contributed by atoms with E-state index in [1.165, 1.54) is 5.56 Å². The molecule has 1 N–H and O–H groups in total. The van der Waals surface area contributed by atoms with E-state index >= 15 is 0 Å². The van der Waals surface area contributed by atoms with Crippen LogP contribution in [0.5, 0.6) is 0 Å². The zero-order chi connectivity index (χ0) is 16.8. The van der Waals surface area contributed by atoms with Crippen molar-refractivity contribution in [2.75, 3.05) is 5.32 Å². The molecule has 3 aromatic rings. The number of benzene rings is 2. The van der Waals surface area contributed by atoms with Gasteiger partial charge < -0.3 is 9.73 Å². The Bertz CT molecular complexity index is 767. The summed E-state index contributed by atoms with van der Waals surface area (Å²) in [6.07, 6.45) is 1.65. The fourth-order valence-electron chi connectivity index (χ4n) is 2.36. The highest BCUT2D eigenvalue weighted by molar-refractivity contribution is 7.99. The van der Waals surface area contributed by atoms with Crippen LogP contribution in [0.15, 0.2) is 77.4 Å². The van der Waals surface area contributed by atoms with Gasteiger partial charge in [0.05, 0.1) is 12.0 Å². The number of anilines is 1. The topological polar surface area (TPSA) is 42.2 Å². The molecule has 0 unspecified atom stereocenters. The smallest absolute Gasteiger partial charge is 0.242 e. The van der Waals surface area contributed by atoms with E-state index in [1.807, 2.05) is 73.7 Å². The number of aryl methyl sites for hydroxylation is 1. The molecular weight excluding hydrogens is 318 g/mol. The Hall–Kier alpha value is -2.46. The molecule has 3 rings (SSSR count). The largest absolute Gasteiger partial charge is 0.468 e. The van der Waals surface area contributed by atoms with Gasteiger partial charge in [-0.3, -0.25) is 4.79 Å². The van der Waals surface area contributed by atoms with E-state index in [1.54, 1.807) is 18.0 Å². The Kier molecular flexibility index (Phi) is 5.39. The van der Waals surface area contributed by atoms with Crippen LogP contribution in [0.3, 0.4) is 0 Å². The van der Waals surface area contributed by atoms with Crippen LogP contribution in [-0.2, 0) is 10.5 Å². The third-order valence-electron chi connectivity index (χ3n) is 3.63. The molecule has 0 saturated heterocycles. The standard InChI is InChI=1S/C20H19NO2S/c1-15-9-11-17(12-10-15)21-20(22)19(16-6-3-2-4-7-16)24-14-18-8-5-13-23-18/h2-13,19H,14H2,1H3,(H,21,22)/t19-/m0/s1. The second kappa shape index (κ2) is 7.88. The number of rotatable bonds is 6. The van der Waals surface area contributed by atoms with Gasteiger partial charge in [0.1, 0.15) is 11.0 Å². The molecule has 0 aliphatic heterocycles. The lowest BCUT2D eigenvalue weighted by molar-refractivity contribution is -0.115. The SMILES string of the molecule is Cc1ccc(NC(=O)[C@@H](SCc2ccco2)c2ccccc2)cc1. The van der Waals surface area contributed by atoms with Crippen LogP contribution in [0.25, 0.3) is 0 Å². The Morgan fingerprint density at radius 2 is 1.79 bits per heavy atom. The molecule has 2 aromatic carbocycles. The molecule has 0 saturated carbocycles. The summed E-state index contributed by atoms with van der Waals surface area (Å²) in [4.78, 5) is 12.8. The molecular formula is C20H19NO2S. The maximum absolute atomic E-state index is 12.8. The monoisotopic (exact) mass is 337 g/mol. The van der Waals surface area contributed by atoms with E-state index in [-0.39, 0.29) is 11.2 Å². The van der Waals surface area contributed by atoms with Gasteiger partial charge in [0.15, 0.2) is 0 Å². The number of carbonyl (C=O) groups excluding carboxylic acids is 1. The van der Waals surface area contributed by atoms with Crippen molar-refractivity contribution < 1.29 is 9.21 Å². The van der Waals surface area contributed by atoms with Gasteiger partial charge in [-0.15, -0.1) is 11.8 Å². The molecule has 1 aromatic heterocycles. The fraction of sp³-hybridized carbons (Fsp3) is 0.150. The van der Waals surface area contributed by atoms with Gasteiger partial charge in [-0.05, 0) is 36.8 Å². The first kappa shape index (κ1) is 16.4. The average molecular weight is 337 g/mol. The van der Waals surface area contributed by atoms with E-state index in [0.717, 1.165) is 17.0 Å². The highest BCUT2D eigenvalue weighted by atomic mass is 32.2. The van der Waals surface area contributed by atoms with Crippen molar-refractivity contribution in [1.82, 2.24) is 0 Å². The summed E-state index contributed by atoms with van der Waals surface area (Å²) >= 11 is 1.56. The molecule has 1 heterocycles. The highest BCUT2D eigenvalue weighted by Crippen LogP contribution is 2.33. The van der Waals surface area contributed by atoms with Gasteiger partial charge in [-0.1, -0.05) is 48.0 Å². The molecule has 0 fully saturated rings. The number of carbonyl (C=O) groups is 1. The van der Waals surface area contributed by atoms with E-state index in [0.29, 0.717) is 5.75 Å². The fourth-order valence-corrected chi connectivity index (χ4v) is 3.41. The lowest BCUT2D eigenvalue weighted by atomic mass is 10.1. The van der Waals surface area contributed by atoms with Crippen molar-refractivity contribution in [3.8, 4) is 0 Å². The molecule has 4 heteroatoms. The van der Waals surface area contributed by atoms with E-state index < -0.39 is 0 Å². The maximum atomic E-state index is 12.8. The highest BCUT2D eigenvalue weighted by Gasteiger charge is 2.21. The molecule has 0 radical (unpaired) electrons. The molecule has 0 aliphatic carbocycles. The molecule has 122 valence electrons. The zero-order valence-electron chi connectivity index (χ0n) is 13.4. The predicted molar refractivity (Wildman–Crippen MR) is 99.0 cm³/mol. The van der Waals surface area contributed by atoms with Gasteiger partial charge in [0.2, 0.25) is 5.91 Å². The second-order valence-corrected chi connectivity index (χ2v) is 6.63. The molecule has 1 atom stereocenters. The summed E-state index contributed by atoms with van der Waals surface area (Å²) in [7, 11) is 0. The van der Waals surface area contributed by atoms with Crippen LogP contribution in [-0.4, -0.2) is 5.91 Å². The van der Waals surface area contributed by atoms with Crippen molar-refractivity contribution in [2.45, 2.75) is 17.9 Å². The van der Waals surface area contributed by atoms with Gasteiger partial charge in [-0.25, -0.2) is 0 Å². The van der Waals surface area contributed by atoms with Gasteiger partial charge in [0.25, 0.3) is 0 Å². The summed E-state index contributed by atoms with van der Waals surface area (Å²) in [5.74, 6) is 1.49. The van der Waals surface area contributed by atoms with Crippen LogP contribution in [0.2, 0.25) is 0 Å². The van der Waals surface area contributed by atoms with Crippen molar-refractivity contribution >= 4 is 23.4 Å². The first-order valence-corrected chi connectivity index (χ1v) is 8.84. The Morgan fingerprint density at radius 3 is 2.46 bits per heavy atom. The Labute approximate surface area is 146 Å². The number of hydrogen-bond donors (Lipinski definition) is 1. The third-order valence-corrected chi connectivity index (χ3v) is 4.90. The minimum Gasteiger partial charge on any atom is -0.468 e. The van der Waals surface area contributed by atoms with Crippen LogP contribution >= 0.6 is 11.8 Å². The third kappa shape index (κ3) is 4.30. The summed E-state index contributed by atoms with van der Waals surface area (Å²) in [5.41, 5.74) is 2.96. The van der Waals surface area contributed by atoms with Crippen molar-refractivity contribution in [2.24, 2.45) is 0 Å². The van der Waals surface area contributed by atoms with Crippen molar-refractivity contribution in [1.29, 1.82) is 0 Å². The van der Waals surface area contributed by atoms with E-state index in [2.05, 4.69) is 5.32 Å². The molecule has 3 nitrogen and oxygen atoms in total. The first-order valence-electron chi connectivity index (χ1n) is 7.79. The quantitative estimate of drug-likeness (QED) is 0.672. The lowest BCUT2D eigenvalue weighted by Crippen LogP contribution is -2.19. The van der Waals surface area contributed by atoms with Gasteiger partial charge >= 0.3 is 0 Å². The summed E-state index contributed by atoms with van der Waals surface area (Å²) in [6, 6.07) is 21.4. The predicted octanol–water partition coefficient (Wildman–Crippen LogP) is 5.20. The lowest BCUT2D eigenvalue weighted by Gasteiger charge is -2.16. The molecule has 1 amide bonds. The minimum absolute atomic E-state index is 0.0263. The Morgan fingerprint density at radius 1 is 1.04 bits per heavy atom. The van der Waals surface area contributed by atoms with Crippen molar-refractivity contribution in [3.63, 3.8) is 0 Å². The summed E-state index contributed by atoms with van der Waals surface area (Å²) < 4.78 is 5.38. The van der Waals surface area contributed by atoms with Gasteiger partial charge in [0, 0.05) is 5.69 Å². The van der Waals surface area contributed by atoms with Crippen molar-refractivity contribution in [3.05, 3.63) is 89.9 Å². The summed E-state index contributed by atoms with van der Waals surface area (Å²) in [5, 5.41) is 2.71.